The van der Waals surface area contributed by atoms with E-state index < -0.39 is 0 Å². The van der Waals surface area contributed by atoms with Crippen LogP contribution >= 0.6 is 0 Å². The van der Waals surface area contributed by atoms with Crippen molar-refractivity contribution in [2.45, 2.75) is 26.3 Å². The molecule has 0 bridgehead atoms. The molecule has 0 saturated carbocycles. The molecule has 1 aromatic heterocycles. The predicted octanol–water partition coefficient (Wildman–Crippen LogP) is 2.55. The van der Waals surface area contributed by atoms with Crippen LogP contribution in [0.3, 0.4) is 0 Å². The average Bonchev–Trinajstić information content (AvgIpc) is 3.10. The van der Waals surface area contributed by atoms with Gasteiger partial charge in [-0.3, -0.25) is 14.7 Å². The fraction of sp³-hybridized carbons (Fsp3) is 0.294. The van der Waals surface area contributed by atoms with Crippen molar-refractivity contribution in [2.75, 3.05) is 0 Å². The highest BCUT2D eigenvalue weighted by molar-refractivity contribution is 6.23. The van der Waals surface area contributed by atoms with Gasteiger partial charge in [0.1, 0.15) is 18.2 Å². The van der Waals surface area contributed by atoms with Crippen LogP contribution in [0.5, 0.6) is 0 Å². The van der Waals surface area contributed by atoms with E-state index in [9.17, 15) is 4.79 Å². The summed E-state index contributed by atoms with van der Waals surface area (Å²) in [6.07, 6.45) is 4.04. The summed E-state index contributed by atoms with van der Waals surface area (Å²) in [6, 6.07) is 9.49. The second-order valence-electron chi connectivity index (χ2n) is 6.18. The van der Waals surface area contributed by atoms with Gasteiger partial charge in [0.15, 0.2) is 5.82 Å². The number of amidine groups is 1. The van der Waals surface area contributed by atoms with E-state index in [1.54, 1.807) is 22.1 Å². The predicted molar refractivity (Wildman–Crippen MR) is 88.3 cm³/mol. The summed E-state index contributed by atoms with van der Waals surface area (Å²) in [5.41, 5.74) is 1.74. The first-order valence-electron chi connectivity index (χ1n) is 7.74. The van der Waals surface area contributed by atoms with Gasteiger partial charge in [0.05, 0.1) is 17.4 Å². The van der Waals surface area contributed by atoms with Crippen molar-refractivity contribution in [3.05, 3.63) is 42.1 Å². The maximum atomic E-state index is 12.5. The quantitative estimate of drug-likeness (QED) is 0.875. The highest BCUT2D eigenvalue weighted by Crippen LogP contribution is 2.31. The molecule has 0 spiro atoms. The zero-order valence-corrected chi connectivity index (χ0v) is 13.0. The Morgan fingerprint density at radius 2 is 2.00 bits per heavy atom. The van der Waals surface area contributed by atoms with Crippen LogP contribution in [0.4, 0.5) is 5.82 Å². The van der Waals surface area contributed by atoms with Gasteiger partial charge in [-0.05, 0) is 24.5 Å². The fourth-order valence-electron chi connectivity index (χ4n) is 2.94. The van der Waals surface area contributed by atoms with Crippen LogP contribution in [0.25, 0.3) is 5.69 Å². The Kier molecular flexibility index (Phi) is 3.11. The first kappa shape index (κ1) is 13.9. The summed E-state index contributed by atoms with van der Waals surface area (Å²) < 4.78 is 1.77. The highest BCUT2D eigenvalue weighted by Gasteiger charge is 2.38. The summed E-state index contributed by atoms with van der Waals surface area (Å²) in [7, 11) is 0. The van der Waals surface area contributed by atoms with Crippen molar-refractivity contribution < 1.29 is 4.79 Å². The van der Waals surface area contributed by atoms with E-state index >= 15 is 0 Å². The molecule has 0 saturated heterocycles. The molecular formula is C17H17N5O. The lowest BCUT2D eigenvalue weighted by Gasteiger charge is -2.17. The van der Waals surface area contributed by atoms with E-state index in [4.69, 9.17) is 0 Å². The first-order valence-corrected chi connectivity index (χ1v) is 7.74. The third-order valence-electron chi connectivity index (χ3n) is 4.00. The molecular weight excluding hydrogens is 290 g/mol. The van der Waals surface area contributed by atoms with Crippen molar-refractivity contribution in [1.82, 2.24) is 14.7 Å². The number of amides is 1. The van der Waals surface area contributed by atoms with Crippen molar-refractivity contribution in [3.63, 3.8) is 0 Å². The first-order chi connectivity index (χ1) is 11.1. The van der Waals surface area contributed by atoms with E-state index in [2.05, 4.69) is 28.9 Å². The molecule has 0 fully saturated rings. The van der Waals surface area contributed by atoms with E-state index in [0.717, 1.165) is 17.7 Å². The molecule has 0 aliphatic carbocycles. The van der Waals surface area contributed by atoms with Gasteiger partial charge in [-0.2, -0.15) is 5.10 Å². The molecule has 0 N–H and O–H groups in total. The fourth-order valence-corrected chi connectivity index (χ4v) is 2.94. The molecule has 2 aliphatic rings. The van der Waals surface area contributed by atoms with E-state index in [1.165, 1.54) is 0 Å². The average molecular weight is 307 g/mol. The molecule has 2 aromatic rings. The molecule has 1 unspecified atom stereocenters. The molecule has 23 heavy (non-hydrogen) atoms. The smallest absolute Gasteiger partial charge is 0.258 e. The van der Waals surface area contributed by atoms with Crippen molar-refractivity contribution in [2.24, 2.45) is 15.9 Å². The van der Waals surface area contributed by atoms with Gasteiger partial charge < -0.3 is 0 Å². The number of carbonyl (C=O) groups excluding carboxylic acids is 1. The Bertz CT molecular complexity index is 819. The number of nitrogens with zero attached hydrogens (tertiary/aromatic N) is 5. The molecule has 2 aliphatic heterocycles. The summed E-state index contributed by atoms with van der Waals surface area (Å²) in [4.78, 5) is 23.1. The minimum absolute atomic E-state index is 0.00411. The Morgan fingerprint density at radius 3 is 2.74 bits per heavy atom. The van der Waals surface area contributed by atoms with Gasteiger partial charge in [-0.25, -0.2) is 9.67 Å². The number of rotatable bonds is 3. The Labute approximate surface area is 134 Å². The molecule has 1 aromatic carbocycles. The van der Waals surface area contributed by atoms with Gasteiger partial charge in [-0.1, -0.05) is 32.0 Å². The largest absolute Gasteiger partial charge is 0.272 e. The van der Waals surface area contributed by atoms with Gasteiger partial charge in [-0.15, -0.1) is 0 Å². The second kappa shape index (κ2) is 5.15. The Morgan fingerprint density at radius 1 is 1.22 bits per heavy atom. The number of aliphatic imine (C=N–C) groups is 2. The number of benzene rings is 1. The van der Waals surface area contributed by atoms with Crippen LogP contribution < -0.4 is 0 Å². The van der Waals surface area contributed by atoms with Gasteiger partial charge >= 0.3 is 0 Å². The zero-order chi connectivity index (χ0) is 16.0. The van der Waals surface area contributed by atoms with Crippen LogP contribution in [0.2, 0.25) is 0 Å². The minimum Gasteiger partial charge on any atom is -0.272 e. The molecule has 116 valence electrons. The minimum atomic E-state index is -0.317. The van der Waals surface area contributed by atoms with Crippen molar-refractivity contribution in [1.29, 1.82) is 0 Å². The molecule has 6 nitrogen and oxygen atoms in total. The highest BCUT2D eigenvalue weighted by atomic mass is 16.2. The monoisotopic (exact) mass is 307 g/mol. The summed E-state index contributed by atoms with van der Waals surface area (Å²) in [6.45, 7) is 4.19. The molecule has 3 heterocycles. The van der Waals surface area contributed by atoms with Crippen LogP contribution in [0.15, 0.2) is 46.5 Å². The summed E-state index contributed by atoms with van der Waals surface area (Å²) >= 11 is 0. The third-order valence-corrected chi connectivity index (χ3v) is 4.00. The lowest BCUT2D eigenvalue weighted by Crippen LogP contribution is -2.36. The van der Waals surface area contributed by atoms with Gasteiger partial charge in [0.2, 0.25) is 0 Å². The number of aromatic nitrogens is 2. The Hall–Kier alpha value is -2.76. The molecule has 6 heteroatoms. The second-order valence-corrected chi connectivity index (χ2v) is 6.18. The standard InChI is InChI=1S/C17H17N5O/c1-11(2)8-14-17(23)21-10-18-15-13(16(21)20-14)9-19-22(15)12-6-4-3-5-7-12/h3-7,9-11,14H,8H2,1-2H3. The maximum absolute atomic E-state index is 12.5. The number of hydrogen-bond donors (Lipinski definition) is 0. The Balaban J connectivity index is 1.76. The molecule has 1 atom stereocenters. The van der Waals surface area contributed by atoms with Crippen LogP contribution in [-0.4, -0.2) is 38.8 Å². The zero-order valence-electron chi connectivity index (χ0n) is 13.0. The van der Waals surface area contributed by atoms with E-state index in [-0.39, 0.29) is 11.9 Å². The number of carbonyl (C=O) groups is 1. The van der Waals surface area contributed by atoms with Gasteiger partial charge in [0.25, 0.3) is 5.91 Å². The molecule has 1 amide bonds. The van der Waals surface area contributed by atoms with Crippen LogP contribution in [0, 0.1) is 5.92 Å². The molecule has 0 radical (unpaired) electrons. The van der Waals surface area contributed by atoms with Gasteiger partial charge in [0, 0.05) is 0 Å². The topological polar surface area (TPSA) is 62.9 Å². The maximum Gasteiger partial charge on any atom is 0.258 e. The summed E-state index contributed by atoms with van der Waals surface area (Å²) in [5.74, 6) is 1.78. The van der Waals surface area contributed by atoms with Crippen molar-refractivity contribution in [3.8, 4) is 5.69 Å². The van der Waals surface area contributed by atoms with E-state index in [0.29, 0.717) is 17.6 Å². The lowest BCUT2D eigenvalue weighted by atomic mass is 10.0. The van der Waals surface area contributed by atoms with E-state index in [1.807, 2.05) is 30.3 Å². The molecule has 4 rings (SSSR count). The number of para-hydroxylation sites is 1. The summed E-state index contributed by atoms with van der Waals surface area (Å²) in [5, 5.41) is 4.42. The van der Waals surface area contributed by atoms with Crippen LogP contribution in [0.1, 0.15) is 25.8 Å². The normalized spacial score (nSPS) is 19.1. The number of fused-ring (bicyclic) bond motifs is 3. The van der Waals surface area contributed by atoms with Crippen LogP contribution in [-0.2, 0) is 4.79 Å². The third kappa shape index (κ3) is 2.18. The SMILES string of the molecule is CC(C)CC1N=C2c3cnn(-c4ccccc4)c3N=CN2C1=O. The van der Waals surface area contributed by atoms with Crippen molar-refractivity contribution >= 4 is 23.9 Å². The number of hydrogen-bond acceptors (Lipinski definition) is 4. The lowest BCUT2D eigenvalue weighted by molar-refractivity contribution is -0.124.